The van der Waals surface area contributed by atoms with Gasteiger partial charge in [0.1, 0.15) is 5.75 Å². The van der Waals surface area contributed by atoms with Crippen LogP contribution in [0.3, 0.4) is 0 Å². The van der Waals surface area contributed by atoms with E-state index in [2.05, 4.69) is 0 Å². The van der Waals surface area contributed by atoms with E-state index in [4.69, 9.17) is 9.47 Å². The molecule has 3 heterocycles. The Morgan fingerprint density at radius 1 is 1.06 bits per heavy atom. The smallest absolute Gasteiger partial charge is 0.264 e. The van der Waals surface area contributed by atoms with Crippen molar-refractivity contribution < 1.29 is 33.8 Å². The number of ether oxygens (including phenoxy) is 2. The van der Waals surface area contributed by atoms with Crippen LogP contribution in [-0.2, 0) is 37.8 Å². The highest BCUT2D eigenvalue weighted by atomic mass is 28.4. The molecule has 2 N–H and O–H groups in total. The van der Waals surface area contributed by atoms with Crippen molar-refractivity contribution in [1.29, 1.82) is 0 Å². The summed E-state index contributed by atoms with van der Waals surface area (Å²) in [5.74, 6) is -0.263. The molecule has 48 heavy (non-hydrogen) atoms. The minimum Gasteiger partial charge on any atom is -0.497 e. The number of benzene rings is 3. The zero-order chi connectivity index (χ0) is 34.2. The average Bonchev–Trinajstić information content (AvgIpc) is 3.70. The van der Waals surface area contributed by atoms with Crippen LogP contribution < -0.4 is 14.5 Å². The van der Waals surface area contributed by atoms with Gasteiger partial charge in [-0.2, -0.15) is 0 Å². The summed E-state index contributed by atoms with van der Waals surface area (Å²) < 4.78 is 12.5. The zero-order valence-electron chi connectivity index (χ0n) is 28.1. The van der Waals surface area contributed by atoms with E-state index in [9.17, 15) is 24.3 Å². The van der Waals surface area contributed by atoms with E-state index in [0.717, 1.165) is 23.2 Å². The number of carbonyl (C=O) groups excluding carboxylic acids is 3. The highest BCUT2D eigenvalue weighted by Crippen LogP contribution is 2.60. The van der Waals surface area contributed by atoms with E-state index in [-0.39, 0.29) is 43.8 Å². The molecule has 0 saturated carbocycles. The first-order chi connectivity index (χ1) is 23.0. The molecule has 0 unspecified atom stereocenters. The van der Waals surface area contributed by atoms with Crippen molar-refractivity contribution in [1.82, 2.24) is 4.90 Å². The van der Waals surface area contributed by atoms with Crippen LogP contribution in [0.25, 0.3) is 0 Å². The van der Waals surface area contributed by atoms with Gasteiger partial charge in [0, 0.05) is 48.8 Å². The lowest BCUT2D eigenvalue weighted by Gasteiger charge is -2.32. The number of nitrogens with zero attached hydrogens (tertiary/aromatic N) is 3. The quantitative estimate of drug-likeness (QED) is 0.287. The summed E-state index contributed by atoms with van der Waals surface area (Å²) in [7, 11) is -1.45. The van der Waals surface area contributed by atoms with Gasteiger partial charge in [-0.3, -0.25) is 14.4 Å². The fourth-order valence-electron chi connectivity index (χ4n) is 7.98. The maximum atomic E-state index is 14.9. The Bertz CT molecular complexity index is 1680. The van der Waals surface area contributed by atoms with Gasteiger partial charge in [0.25, 0.3) is 5.91 Å². The molecule has 10 nitrogen and oxygen atoms in total. The second kappa shape index (κ2) is 13.5. The van der Waals surface area contributed by atoms with Crippen molar-refractivity contribution in [2.75, 3.05) is 36.6 Å². The summed E-state index contributed by atoms with van der Waals surface area (Å²) >= 11 is 0. The highest BCUT2D eigenvalue weighted by molar-refractivity contribution is 6.71. The Hall–Kier alpha value is -4.03. The molecule has 2 fully saturated rings. The average molecular weight is 672 g/mol. The monoisotopic (exact) mass is 671 g/mol. The highest BCUT2D eigenvalue weighted by Gasteiger charge is 2.66. The SMILES string of the molecule is COc1ccc2c(c1)[C@]1(O[C@@H](CC(=O)N(CCO)Cc3ccccc3)[C@H]([Si](C)(C)O)[C@H]1C)C(=O)N2Cc1cccc(N2CCCC2=O)c1. The number of aliphatic hydroxyl groups excluding tert-OH is 1. The van der Waals surface area contributed by atoms with Gasteiger partial charge in [-0.1, -0.05) is 49.4 Å². The first-order valence-corrected chi connectivity index (χ1v) is 19.7. The molecule has 3 aliphatic rings. The van der Waals surface area contributed by atoms with E-state index in [1.165, 1.54) is 0 Å². The summed E-state index contributed by atoms with van der Waals surface area (Å²) in [5, 5.41) is 9.81. The van der Waals surface area contributed by atoms with Gasteiger partial charge >= 0.3 is 0 Å². The lowest BCUT2D eigenvalue weighted by molar-refractivity contribution is -0.150. The second-order valence-electron chi connectivity index (χ2n) is 13.7. The Balaban J connectivity index is 1.35. The molecule has 0 radical (unpaired) electrons. The van der Waals surface area contributed by atoms with Crippen molar-refractivity contribution in [2.45, 2.75) is 69.6 Å². The van der Waals surface area contributed by atoms with E-state index in [1.807, 2.05) is 92.8 Å². The first-order valence-electron chi connectivity index (χ1n) is 16.7. The molecule has 11 heteroatoms. The van der Waals surface area contributed by atoms with Gasteiger partial charge < -0.3 is 34.1 Å². The maximum Gasteiger partial charge on any atom is 0.264 e. The van der Waals surface area contributed by atoms with E-state index in [1.54, 1.807) is 21.8 Å². The van der Waals surface area contributed by atoms with Crippen LogP contribution in [-0.4, -0.2) is 73.8 Å². The molecule has 3 aromatic carbocycles. The number of rotatable bonds is 11. The number of fused-ring (bicyclic) bond motifs is 2. The number of hydrogen-bond acceptors (Lipinski definition) is 7. The Kier molecular flexibility index (Phi) is 9.50. The molecule has 1 spiro atoms. The van der Waals surface area contributed by atoms with E-state index >= 15 is 0 Å². The van der Waals surface area contributed by atoms with E-state index in [0.29, 0.717) is 36.5 Å². The summed E-state index contributed by atoms with van der Waals surface area (Å²) in [5.41, 5.74) is 2.06. The predicted molar refractivity (Wildman–Crippen MR) is 185 cm³/mol. The molecule has 3 amide bonds. The second-order valence-corrected chi connectivity index (χ2v) is 17.7. The third-order valence-corrected chi connectivity index (χ3v) is 12.6. The fourth-order valence-corrected chi connectivity index (χ4v) is 10.5. The number of hydrogen-bond donors (Lipinski definition) is 2. The van der Waals surface area contributed by atoms with Crippen LogP contribution in [0.1, 0.15) is 42.9 Å². The molecule has 6 rings (SSSR count). The summed E-state index contributed by atoms with van der Waals surface area (Å²) in [6.45, 7) is 6.82. The van der Waals surface area contributed by atoms with E-state index < -0.39 is 31.5 Å². The third-order valence-electron chi connectivity index (χ3n) is 10.1. The Morgan fingerprint density at radius 2 is 1.81 bits per heavy atom. The van der Waals surface area contributed by atoms with Crippen LogP contribution in [0.4, 0.5) is 11.4 Å². The number of amides is 3. The standard InChI is InChI=1S/C37H45N3O7Si/c1-25-35(48(3,4)45)32(22-34(43)38(18-19-41)23-26-10-6-5-7-11-26)47-37(25)30-21-29(46-2)15-16-31(30)40(36(37)44)24-27-12-8-13-28(20-27)39-17-9-14-33(39)42/h5-8,10-13,15-16,20-21,25,32,35,41,45H,9,14,17-19,22-24H2,1-4H3/t25-,32+,35-,37+/m1/s1. The minimum absolute atomic E-state index is 0.0426. The van der Waals surface area contributed by atoms with Crippen LogP contribution in [0.15, 0.2) is 72.8 Å². The zero-order valence-corrected chi connectivity index (χ0v) is 29.1. The van der Waals surface area contributed by atoms with Crippen LogP contribution >= 0.6 is 0 Å². The largest absolute Gasteiger partial charge is 0.497 e. The molecule has 0 bridgehead atoms. The molecule has 0 aromatic heterocycles. The number of methoxy groups -OCH3 is 1. The van der Waals surface area contributed by atoms with Gasteiger partial charge in [-0.25, -0.2) is 0 Å². The molecule has 4 atom stereocenters. The maximum absolute atomic E-state index is 14.9. The summed E-state index contributed by atoms with van der Waals surface area (Å²) in [4.78, 5) is 58.1. The molecule has 2 saturated heterocycles. The van der Waals surface area contributed by atoms with Gasteiger partial charge in [-0.15, -0.1) is 0 Å². The third kappa shape index (κ3) is 6.16. The van der Waals surface area contributed by atoms with Crippen molar-refractivity contribution in [3.63, 3.8) is 0 Å². The minimum atomic E-state index is -3.02. The van der Waals surface area contributed by atoms with Crippen LogP contribution in [0, 0.1) is 5.92 Å². The lowest BCUT2D eigenvalue weighted by atomic mass is 9.82. The van der Waals surface area contributed by atoms with Crippen molar-refractivity contribution in [3.8, 4) is 5.75 Å². The van der Waals surface area contributed by atoms with Gasteiger partial charge in [0.15, 0.2) is 13.9 Å². The Labute approximate surface area is 283 Å². The van der Waals surface area contributed by atoms with Gasteiger partial charge in [-0.05, 0) is 61.0 Å². The molecular weight excluding hydrogens is 627 g/mol. The molecule has 3 aliphatic heterocycles. The normalized spacial score (nSPS) is 23.7. The molecule has 0 aliphatic carbocycles. The molecule has 254 valence electrons. The number of anilines is 2. The van der Waals surface area contributed by atoms with Crippen molar-refractivity contribution in [2.24, 2.45) is 5.92 Å². The van der Waals surface area contributed by atoms with Gasteiger partial charge in [0.05, 0.1) is 38.5 Å². The summed E-state index contributed by atoms with van der Waals surface area (Å²) in [6.07, 6.45) is 0.573. The fraction of sp³-hybridized carbons (Fsp3) is 0.432. The van der Waals surface area contributed by atoms with Crippen LogP contribution in [0.5, 0.6) is 5.75 Å². The Morgan fingerprint density at radius 3 is 2.48 bits per heavy atom. The summed E-state index contributed by atoms with van der Waals surface area (Å²) in [6, 6.07) is 22.8. The van der Waals surface area contributed by atoms with Crippen LogP contribution in [0.2, 0.25) is 18.6 Å². The topological polar surface area (TPSA) is 120 Å². The predicted octanol–water partition coefficient (Wildman–Crippen LogP) is 4.58. The van der Waals surface area contributed by atoms with Gasteiger partial charge in [0.2, 0.25) is 11.8 Å². The lowest BCUT2D eigenvalue weighted by Crippen LogP contribution is -2.46. The van der Waals surface area contributed by atoms with Crippen molar-refractivity contribution >= 4 is 37.4 Å². The number of aliphatic hydroxyl groups is 1. The van der Waals surface area contributed by atoms with Crippen molar-refractivity contribution in [3.05, 3.63) is 89.5 Å². The first kappa shape index (κ1) is 33.9. The number of carbonyl (C=O) groups is 3. The molecular formula is C37H45N3O7Si. The molecule has 3 aromatic rings.